The number of nitrogens with zero attached hydrogens (tertiary/aromatic N) is 10. The topological polar surface area (TPSA) is 193 Å². The second-order valence-electron chi connectivity index (χ2n) is 22.8. The quantitative estimate of drug-likeness (QED) is 0.0543. The van der Waals surface area contributed by atoms with Crippen LogP contribution in [0.2, 0.25) is 0 Å². The van der Waals surface area contributed by atoms with Crippen molar-refractivity contribution in [1.82, 2.24) is 50.1 Å². The highest BCUT2D eigenvalue weighted by Crippen LogP contribution is 2.47. The van der Waals surface area contributed by atoms with Gasteiger partial charge in [0.25, 0.3) is 5.91 Å². The maximum absolute atomic E-state index is 17.3. The molecule has 5 N–H and O–H groups in total. The van der Waals surface area contributed by atoms with E-state index in [9.17, 15) is 20.1 Å². The number of rotatable bonds is 17. The number of pyridine rings is 1. The minimum absolute atomic E-state index is 0.00270. The molecular formula is C62H73FN12O5. The first-order valence-electron chi connectivity index (χ1n) is 28.6. The standard InChI is InChI=1S/C62H73FN12O5/c1-7-40-12-11-13-41-28-46(76)29-49(53(40)41)55-54(63)56-50(32-65-55)57(74-34-42(8-2)66-43(9-3)35-74)68-61(67-56)80-37-62(20-21-62)36-72-26-24-71(25-27-72)33-39-18-22-73(23-19-39)44-14-16-45(17-15-44)75-58(69-70-59(75)60(79)64-10-4)48-30-47(38(5)6)51(77)31-52(48)78/h1,11-17,28-32,38-39,42-43,66,76-78H,8-10,18-27,33-37H2,2-6H3,(H,64,79). The van der Waals surface area contributed by atoms with Crippen molar-refractivity contribution >= 4 is 39.1 Å². The predicted molar refractivity (Wildman–Crippen MR) is 311 cm³/mol. The number of piperazine rings is 2. The molecule has 3 saturated heterocycles. The third-order valence-corrected chi connectivity index (χ3v) is 17.0. The summed E-state index contributed by atoms with van der Waals surface area (Å²) in [7, 11) is 0. The Labute approximate surface area is 467 Å². The molecule has 3 aromatic heterocycles. The van der Waals surface area contributed by atoms with Gasteiger partial charge in [0.15, 0.2) is 11.6 Å². The van der Waals surface area contributed by atoms with Crippen LogP contribution < -0.4 is 25.2 Å². The number of carbonyl (C=O) groups is 1. The number of ether oxygens (including phenoxy) is 1. The first-order valence-corrected chi connectivity index (χ1v) is 28.6. The Balaban J connectivity index is 0.727. The molecule has 0 bridgehead atoms. The second kappa shape index (κ2) is 22.9. The van der Waals surface area contributed by atoms with Crippen molar-refractivity contribution < 1.29 is 29.2 Å². The number of carbonyl (C=O) groups excluding carboxylic acids is 1. The van der Waals surface area contributed by atoms with Crippen LogP contribution in [-0.4, -0.2) is 151 Å². The fourth-order valence-electron chi connectivity index (χ4n) is 12.2. The maximum atomic E-state index is 17.3. The molecule has 7 aromatic rings. The lowest BCUT2D eigenvalue weighted by Crippen LogP contribution is -2.56. The molecule has 18 heteroatoms. The zero-order valence-electron chi connectivity index (χ0n) is 46.6. The normalized spacial score (nSPS) is 19.0. The number of piperidine rings is 1. The Morgan fingerprint density at radius 3 is 2.25 bits per heavy atom. The molecule has 17 nitrogen and oxygen atoms in total. The van der Waals surface area contributed by atoms with Gasteiger partial charge in [-0.15, -0.1) is 16.6 Å². The molecule has 4 aliphatic rings. The number of hydrogen-bond donors (Lipinski definition) is 5. The molecule has 1 saturated carbocycles. The summed E-state index contributed by atoms with van der Waals surface area (Å²) >= 11 is 0. The Bertz CT molecular complexity index is 3440. The van der Waals surface area contributed by atoms with Gasteiger partial charge in [-0.2, -0.15) is 9.97 Å². The first-order chi connectivity index (χ1) is 38.7. The molecule has 4 aromatic carbocycles. The van der Waals surface area contributed by atoms with Gasteiger partial charge in [0.2, 0.25) is 5.82 Å². The molecule has 418 valence electrons. The average Bonchev–Trinajstić information content (AvgIpc) is 4.11. The Kier molecular flexibility index (Phi) is 15.5. The van der Waals surface area contributed by atoms with Crippen LogP contribution in [0.5, 0.6) is 23.3 Å². The summed E-state index contributed by atoms with van der Waals surface area (Å²) in [4.78, 5) is 37.6. The highest BCUT2D eigenvalue weighted by atomic mass is 19.1. The summed E-state index contributed by atoms with van der Waals surface area (Å²) in [6.07, 6.45) is 13.7. The zero-order chi connectivity index (χ0) is 55.8. The van der Waals surface area contributed by atoms with Crippen LogP contribution in [0.3, 0.4) is 0 Å². The average molecular weight is 1090 g/mol. The molecule has 3 aliphatic heterocycles. The van der Waals surface area contributed by atoms with Gasteiger partial charge in [-0.25, -0.2) is 4.39 Å². The number of phenols is 3. The molecular weight excluding hydrogens is 1010 g/mol. The largest absolute Gasteiger partial charge is 0.508 e. The van der Waals surface area contributed by atoms with Crippen LogP contribution in [0.4, 0.5) is 15.9 Å². The minimum atomic E-state index is -0.621. The summed E-state index contributed by atoms with van der Waals surface area (Å²) < 4.78 is 25.6. The van der Waals surface area contributed by atoms with E-state index >= 15 is 4.39 Å². The number of amides is 1. The number of aromatic hydroxyl groups is 3. The van der Waals surface area contributed by atoms with Crippen molar-refractivity contribution in [2.75, 3.05) is 88.4 Å². The second-order valence-corrected chi connectivity index (χ2v) is 22.8. The summed E-state index contributed by atoms with van der Waals surface area (Å²) in [6, 6.07) is 20.3. The fraction of sp³-hybridized carbons (Fsp3) is 0.452. The molecule has 6 heterocycles. The van der Waals surface area contributed by atoms with Crippen molar-refractivity contribution in [1.29, 1.82) is 0 Å². The number of anilines is 2. The first kappa shape index (κ1) is 54.4. The molecule has 0 spiro atoms. The van der Waals surface area contributed by atoms with Crippen LogP contribution >= 0.6 is 0 Å². The number of nitrogens with one attached hydrogen (secondary N) is 2. The maximum Gasteiger partial charge on any atom is 0.319 e. The number of aromatic nitrogens is 6. The van der Waals surface area contributed by atoms with Crippen molar-refractivity contribution in [3.05, 3.63) is 95.7 Å². The third kappa shape index (κ3) is 11.0. The van der Waals surface area contributed by atoms with Crippen molar-refractivity contribution in [3.8, 4) is 63.9 Å². The highest BCUT2D eigenvalue weighted by Gasteiger charge is 2.45. The van der Waals surface area contributed by atoms with Gasteiger partial charge in [0.05, 0.1) is 17.6 Å². The molecule has 2 atom stereocenters. The monoisotopic (exact) mass is 1080 g/mol. The van der Waals surface area contributed by atoms with Gasteiger partial charge < -0.3 is 50.3 Å². The highest BCUT2D eigenvalue weighted by molar-refractivity contribution is 6.03. The van der Waals surface area contributed by atoms with E-state index in [0.29, 0.717) is 87.9 Å². The van der Waals surface area contributed by atoms with Gasteiger partial charge in [-0.05, 0) is 117 Å². The van der Waals surface area contributed by atoms with Crippen molar-refractivity contribution in [2.24, 2.45) is 11.3 Å². The molecule has 11 rings (SSSR count). The van der Waals surface area contributed by atoms with E-state index in [-0.39, 0.29) is 69.6 Å². The molecule has 2 unspecified atom stereocenters. The smallest absolute Gasteiger partial charge is 0.319 e. The van der Waals surface area contributed by atoms with Crippen LogP contribution in [0.15, 0.2) is 72.9 Å². The van der Waals surface area contributed by atoms with E-state index in [1.165, 1.54) is 12.1 Å². The number of benzene rings is 4. The molecule has 4 fully saturated rings. The molecule has 1 amide bonds. The lowest BCUT2D eigenvalue weighted by atomic mass is 9.95. The summed E-state index contributed by atoms with van der Waals surface area (Å²) in [5.74, 6) is 3.15. The van der Waals surface area contributed by atoms with Gasteiger partial charge in [-0.1, -0.05) is 45.7 Å². The van der Waals surface area contributed by atoms with Crippen LogP contribution in [-0.2, 0) is 0 Å². The van der Waals surface area contributed by atoms with Crippen LogP contribution in [0.25, 0.3) is 50.0 Å². The molecule has 80 heavy (non-hydrogen) atoms. The van der Waals surface area contributed by atoms with Crippen molar-refractivity contribution in [2.45, 2.75) is 91.1 Å². The fourth-order valence-corrected chi connectivity index (χ4v) is 12.2. The van der Waals surface area contributed by atoms with E-state index < -0.39 is 5.82 Å². The van der Waals surface area contributed by atoms with E-state index in [4.69, 9.17) is 26.1 Å². The number of terminal acetylenes is 1. The SMILES string of the molecule is C#Cc1cccc2cc(O)cc(-c3ncc4c(N5CC(CC)NC(CC)C5)nc(OCC5(CN6CCN(CC7CCN(c8ccc(-n9c(C(=O)NCC)nnc9-c9cc(C(C)C)c(O)cc9O)cc8)CC7)CC6)CC5)nc4c3F)c12. The van der Waals surface area contributed by atoms with Crippen LogP contribution in [0, 0.1) is 29.5 Å². The minimum Gasteiger partial charge on any atom is -0.508 e. The van der Waals surface area contributed by atoms with Gasteiger partial charge in [0.1, 0.15) is 34.3 Å². The number of halogens is 1. The summed E-state index contributed by atoms with van der Waals surface area (Å²) in [5.41, 5.74) is 3.91. The number of hydrogen-bond acceptors (Lipinski definition) is 15. The Morgan fingerprint density at radius 2 is 1.57 bits per heavy atom. The lowest BCUT2D eigenvalue weighted by molar-refractivity contribution is 0.0843. The van der Waals surface area contributed by atoms with E-state index in [0.717, 1.165) is 96.6 Å². The lowest BCUT2D eigenvalue weighted by Gasteiger charge is -2.40. The van der Waals surface area contributed by atoms with E-state index in [2.05, 4.69) is 72.3 Å². The van der Waals surface area contributed by atoms with Gasteiger partial charge >= 0.3 is 6.01 Å². The predicted octanol–water partition coefficient (Wildman–Crippen LogP) is 8.86. The van der Waals surface area contributed by atoms with Crippen molar-refractivity contribution in [3.63, 3.8) is 0 Å². The molecule has 0 radical (unpaired) electrons. The third-order valence-electron chi connectivity index (χ3n) is 17.0. The van der Waals surface area contributed by atoms with Gasteiger partial charge in [-0.3, -0.25) is 14.3 Å². The molecule has 1 aliphatic carbocycles. The Hall–Kier alpha value is -7.59. The zero-order valence-corrected chi connectivity index (χ0v) is 46.6. The number of phenolic OH excluding ortho intramolecular Hbond substituents is 3. The van der Waals surface area contributed by atoms with Gasteiger partial charge in [0, 0.05) is 130 Å². The van der Waals surface area contributed by atoms with Crippen LogP contribution in [0.1, 0.15) is 101 Å². The van der Waals surface area contributed by atoms with E-state index in [1.54, 1.807) is 29.0 Å². The summed E-state index contributed by atoms with van der Waals surface area (Å²) in [5, 5.41) is 49.4. The number of fused-ring (bicyclic) bond motifs is 2. The summed E-state index contributed by atoms with van der Waals surface area (Å²) in [6.45, 7) is 20.2. The van der Waals surface area contributed by atoms with E-state index in [1.807, 2.05) is 45.0 Å². The Morgan fingerprint density at radius 1 is 0.863 bits per heavy atom.